The van der Waals surface area contributed by atoms with E-state index in [1.807, 2.05) is 36.4 Å². The van der Waals surface area contributed by atoms with Gasteiger partial charge in [0.1, 0.15) is 0 Å². The number of halogens is 1. The van der Waals surface area contributed by atoms with Gasteiger partial charge < -0.3 is 5.11 Å². The summed E-state index contributed by atoms with van der Waals surface area (Å²) in [7, 11) is 0. The molecule has 4 nitrogen and oxygen atoms in total. The average molecular weight is 363 g/mol. The molecule has 2 N–H and O–H groups in total. The van der Waals surface area contributed by atoms with Crippen molar-refractivity contribution in [1.82, 2.24) is 5.43 Å². The van der Waals surface area contributed by atoms with Crippen LogP contribution in [-0.2, 0) is 10.4 Å². The van der Waals surface area contributed by atoms with Gasteiger partial charge in [-0.1, -0.05) is 78.3 Å². The molecule has 0 aromatic heterocycles. The third-order valence-corrected chi connectivity index (χ3v) is 4.87. The van der Waals surface area contributed by atoms with Crippen molar-refractivity contribution in [3.63, 3.8) is 0 Å². The predicted molar refractivity (Wildman–Crippen MR) is 102 cm³/mol. The van der Waals surface area contributed by atoms with Crippen LogP contribution < -0.4 is 5.43 Å². The van der Waals surface area contributed by atoms with E-state index in [9.17, 15) is 9.90 Å². The van der Waals surface area contributed by atoms with Crippen molar-refractivity contribution < 1.29 is 9.90 Å². The minimum absolute atomic E-state index is 0.528. The predicted octanol–water partition coefficient (Wildman–Crippen LogP) is 3.71. The number of hydrogen-bond acceptors (Lipinski definition) is 3. The third-order valence-electron chi connectivity index (χ3n) is 4.53. The van der Waals surface area contributed by atoms with Crippen LogP contribution in [0.3, 0.4) is 0 Å². The molecule has 0 bridgehead atoms. The van der Waals surface area contributed by atoms with Crippen molar-refractivity contribution in [2.45, 2.75) is 5.60 Å². The summed E-state index contributed by atoms with van der Waals surface area (Å²) in [5.74, 6) is -0.613. The van der Waals surface area contributed by atoms with Gasteiger partial charge in [0, 0.05) is 21.7 Å². The molecule has 26 heavy (non-hydrogen) atoms. The first-order valence-electron chi connectivity index (χ1n) is 8.12. The fourth-order valence-corrected chi connectivity index (χ4v) is 3.46. The van der Waals surface area contributed by atoms with Gasteiger partial charge in [-0.3, -0.25) is 4.79 Å². The van der Waals surface area contributed by atoms with Crippen molar-refractivity contribution in [1.29, 1.82) is 0 Å². The third kappa shape index (κ3) is 2.51. The summed E-state index contributed by atoms with van der Waals surface area (Å²) < 4.78 is 0. The Bertz CT molecular complexity index is 984. The summed E-state index contributed by atoms with van der Waals surface area (Å²) in [6.45, 7) is 0. The number of hydrogen-bond donors (Lipinski definition) is 2. The number of rotatable bonds is 3. The number of nitrogens with zero attached hydrogens (tertiary/aromatic N) is 1. The second kappa shape index (κ2) is 6.41. The lowest BCUT2D eigenvalue weighted by atomic mass is 9.91. The molecule has 5 heteroatoms. The Balaban J connectivity index is 1.68. The molecule has 0 radical (unpaired) electrons. The maximum Gasteiger partial charge on any atom is 0.281 e. The zero-order valence-electron chi connectivity index (χ0n) is 13.7. The second-order valence-electron chi connectivity index (χ2n) is 6.02. The normalized spacial score (nSPS) is 14.1. The number of amides is 1. The van der Waals surface area contributed by atoms with E-state index in [1.165, 1.54) is 6.21 Å². The van der Waals surface area contributed by atoms with Gasteiger partial charge in [0.05, 0.1) is 6.21 Å². The summed E-state index contributed by atoms with van der Waals surface area (Å²) in [6.07, 6.45) is 1.45. The highest BCUT2D eigenvalue weighted by Crippen LogP contribution is 2.47. The highest BCUT2D eigenvalue weighted by atomic mass is 35.5. The molecule has 0 unspecified atom stereocenters. The molecule has 0 fully saturated rings. The minimum Gasteiger partial charge on any atom is -0.372 e. The van der Waals surface area contributed by atoms with Crippen LogP contribution in [0.25, 0.3) is 11.1 Å². The minimum atomic E-state index is -1.79. The molecule has 3 aromatic rings. The van der Waals surface area contributed by atoms with Crippen LogP contribution in [0.5, 0.6) is 0 Å². The Hall–Kier alpha value is -2.95. The maximum absolute atomic E-state index is 12.9. The van der Waals surface area contributed by atoms with Gasteiger partial charge in [0.2, 0.25) is 0 Å². The van der Waals surface area contributed by atoms with Crippen molar-refractivity contribution in [3.05, 3.63) is 94.5 Å². The lowest BCUT2D eigenvalue weighted by Gasteiger charge is -2.23. The van der Waals surface area contributed by atoms with Gasteiger partial charge in [-0.2, -0.15) is 5.10 Å². The molecule has 4 rings (SSSR count). The summed E-state index contributed by atoms with van der Waals surface area (Å²) in [6, 6.07) is 21.8. The molecule has 0 saturated heterocycles. The van der Waals surface area contributed by atoms with Crippen molar-refractivity contribution in [2.24, 2.45) is 5.10 Å². The van der Waals surface area contributed by atoms with Gasteiger partial charge in [-0.25, -0.2) is 5.43 Å². The summed E-state index contributed by atoms with van der Waals surface area (Å²) in [5, 5.41) is 15.8. The molecule has 1 aliphatic carbocycles. The van der Waals surface area contributed by atoms with E-state index < -0.39 is 11.5 Å². The van der Waals surface area contributed by atoms with Crippen LogP contribution in [-0.4, -0.2) is 17.2 Å². The smallest absolute Gasteiger partial charge is 0.281 e. The van der Waals surface area contributed by atoms with E-state index in [4.69, 9.17) is 11.6 Å². The van der Waals surface area contributed by atoms with E-state index in [0.29, 0.717) is 21.7 Å². The van der Waals surface area contributed by atoms with Crippen LogP contribution in [0, 0.1) is 0 Å². The number of aliphatic hydroxyl groups is 1. The Kier molecular flexibility index (Phi) is 4.07. The zero-order chi connectivity index (χ0) is 18.1. The molecular weight excluding hydrogens is 348 g/mol. The summed E-state index contributed by atoms with van der Waals surface area (Å²) in [5.41, 5.74) is 4.11. The molecule has 0 spiro atoms. The van der Waals surface area contributed by atoms with E-state index in [0.717, 1.165) is 11.1 Å². The van der Waals surface area contributed by atoms with Crippen LogP contribution in [0.15, 0.2) is 77.9 Å². The molecule has 0 atom stereocenters. The Morgan fingerprint density at radius 1 is 0.923 bits per heavy atom. The topological polar surface area (TPSA) is 61.7 Å². The number of carbonyl (C=O) groups excluding carboxylic acids is 1. The van der Waals surface area contributed by atoms with Crippen LogP contribution >= 0.6 is 11.6 Å². The van der Waals surface area contributed by atoms with Crippen molar-refractivity contribution in [2.75, 3.05) is 0 Å². The number of benzene rings is 3. The Labute approximate surface area is 155 Å². The van der Waals surface area contributed by atoms with Crippen molar-refractivity contribution in [3.8, 4) is 11.1 Å². The lowest BCUT2D eigenvalue weighted by Crippen LogP contribution is -2.42. The monoisotopic (exact) mass is 362 g/mol. The number of nitrogens with one attached hydrogen (secondary N) is 1. The average Bonchev–Trinajstić information content (AvgIpc) is 2.94. The van der Waals surface area contributed by atoms with E-state index in [-0.39, 0.29) is 0 Å². The zero-order valence-corrected chi connectivity index (χ0v) is 14.4. The second-order valence-corrected chi connectivity index (χ2v) is 6.43. The largest absolute Gasteiger partial charge is 0.372 e. The van der Waals surface area contributed by atoms with E-state index in [1.54, 1.807) is 36.4 Å². The van der Waals surface area contributed by atoms with Gasteiger partial charge in [-0.15, -0.1) is 0 Å². The maximum atomic E-state index is 12.9. The fraction of sp³-hybridized carbons (Fsp3) is 0.0476. The molecule has 0 saturated carbocycles. The first-order valence-corrected chi connectivity index (χ1v) is 8.50. The SMILES string of the molecule is O=C(N/N=C\c1ccccc1Cl)C1(O)c2ccccc2-c2ccccc21. The molecule has 1 aliphatic rings. The number of fused-ring (bicyclic) bond motifs is 3. The first-order chi connectivity index (χ1) is 12.6. The number of carbonyl (C=O) groups is 1. The van der Waals surface area contributed by atoms with Gasteiger partial charge >= 0.3 is 0 Å². The van der Waals surface area contributed by atoms with Crippen LogP contribution in [0.4, 0.5) is 0 Å². The highest BCUT2D eigenvalue weighted by molar-refractivity contribution is 6.33. The molecule has 128 valence electrons. The standard InChI is InChI=1S/C21H15ClN2O2/c22-19-12-6-1-7-14(19)13-23-24-20(25)21(26)17-10-4-2-8-15(17)16-9-3-5-11-18(16)21/h1-13,26H,(H,24,25)/b23-13-. The quantitative estimate of drug-likeness (QED) is 0.551. The summed E-state index contributed by atoms with van der Waals surface area (Å²) in [4.78, 5) is 12.9. The van der Waals surface area contributed by atoms with Gasteiger partial charge in [0.15, 0.2) is 5.60 Å². The Morgan fingerprint density at radius 3 is 2.08 bits per heavy atom. The molecular formula is C21H15ClN2O2. The fourth-order valence-electron chi connectivity index (χ4n) is 3.28. The first kappa shape index (κ1) is 16.5. The van der Waals surface area contributed by atoms with Crippen LogP contribution in [0.2, 0.25) is 5.02 Å². The lowest BCUT2D eigenvalue weighted by molar-refractivity contribution is -0.136. The Morgan fingerprint density at radius 2 is 1.46 bits per heavy atom. The summed E-state index contributed by atoms with van der Waals surface area (Å²) >= 11 is 6.07. The molecule has 3 aromatic carbocycles. The molecule has 0 aliphatic heterocycles. The van der Waals surface area contributed by atoms with Gasteiger partial charge in [-0.05, 0) is 17.2 Å². The number of hydrazone groups is 1. The highest BCUT2D eigenvalue weighted by Gasteiger charge is 2.47. The van der Waals surface area contributed by atoms with Crippen molar-refractivity contribution >= 4 is 23.7 Å². The van der Waals surface area contributed by atoms with E-state index >= 15 is 0 Å². The molecule has 0 heterocycles. The van der Waals surface area contributed by atoms with Gasteiger partial charge in [0.25, 0.3) is 5.91 Å². The van der Waals surface area contributed by atoms with Crippen LogP contribution in [0.1, 0.15) is 16.7 Å². The van der Waals surface area contributed by atoms with E-state index in [2.05, 4.69) is 10.5 Å². The molecule has 1 amide bonds.